The minimum Gasteiger partial charge on any atom is -0.364 e. The van der Waals surface area contributed by atoms with Crippen LogP contribution in [0.3, 0.4) is 0 Å². The molecule has 1 atom stereocenters. The van der Waals surface area contributed by atoms with Crippen LogP contribution in [-0.4, -0.2) is 51.2 Å². The van der Waals surface area contributed by atoms with Gasteiger partial charge in [-0.15, -0.1) is 5.10 Å². The van der Waals surface area contributed by atoms with Crippen LogP contribution in [0.15, 0.2) is 58.5 Å². The Hall–Kier alpha value is -3.75. The molecule has 1 unspecified atom stereocenters. The van der Waals surface area contributed by atoms with Gasteiger partial charge in [-0.3, -0.25) is 10.1 Å². The van der Waals surface area contributed by atoms with Gasteiger partial charge >= 0.3 is 0 Å². The van der Waals surface area contributed by atoms with Crippen LogP contribution < -0.4 is 10.5 Å². The molecule has 0 radical (unpaired) electrons. The van der Waals surface area contributed by atoms with Crippen molar-refractivity contribution >= 4 is 38.8 Å². The first-order valence-electron chi connectivity index (χ1n) is 9.99. The number of nitrogens with two attached hydrogens (primary N) is 1. The molecule has 176 valence electrons. The van der Waals surface area contributed by atoms with Gasteiger partial charge in [0.25, 0.3) is 5.69 Å². The van der Waals surface area contributed by atoms with Crippen LogP contribution in [0.2, 0.25) is 0 Å². The number of nitrogens with zero attached hydrogens (tertiary/aromatic N) is 6. The summed E-state index contributed by atoms with van der Waals surface area (Å²) in [5.41, 5.74) is 3.32. The van der Waals surface area contributed by atoms with E-state index in [1.165, 1.54) is 24.3 Å². The number of benzene rings is 2. The second-order valence-corrected chi connectivity index (χ2v) is 9.44. The fraction of sp³-hybridized carbons (Fsp3) is 0.200. The van der Waals surface area contributed by atoms with Gasteiger partial charge in [0.1, 0.15) is 5.69 Å². The summed E-state index contributed by atoms with van der Waals surface area (Å²) in [6, 6.07) is 11.9. The predicted molar refractivity (Wildman–Crippen MR) is 128 cm³/mol. The van der Waals surface area contributed by atoms with Crippen LogP contribution in [0, 0.1) is 17.0 Å². The van der Waals surface area contributed by atoms with Gasteiger partial charge in [-0.1, -0.05) is 17.3 Å². The fourth-order valence-electron chi connectivity index (χ4n) is 3.65. The average Bonchev–Trinajstić information content (AvgIpc) is 3.42. The molecule has 0 saturated carbocycles. The van der Waals surface area contributed by atoms with E-state index in [9.17, 15) is 18.5 Å². The molecule has 12 nitrogen and oxygen atoms in total. The highest BCUT2D eigenvalue weighted by atomic mass is 32.2. The Kier molecular flexibility index (Phi) is 6.12. The molecule has 34 heavy (non-hydrogen) atoms. The summed E-state index contributed by atoms with van der Waals surface area (Å²) in [7, 11) is -2.11. The molecule has 0 spiro atoms. The van der Waals surface area contributed by atoms with E-state index in [0.29, 0.717) is 34.3 Å². The van der Waals surface area contributed by atoms with Crippen molar-refractivity contribution in [3.63, 3.8) is 0 Å². The van der Waals surface area contributed by atoms with E-state index in [4.69, 9.17) is 17.4 Å². The number of nitrogens with one attached hydrogen (secondary N) is 1. The van der Waals surface area contributed by atoms with E-state index in [1.54, 1.807) is 41.0 Å². The van der Waals surface area contributed by atoms with Gasteiger partial charge in [0, 0.05) is 25.6 Å². The van der Waals surface area contributed by atoms with Crippen LogP contribution in [0.25, 0.3) is 5.69 Å². The number of rotatable bonds is 5. The highest BCUT2D eigenvalue weighted by Gasteiger charge is 2.33. The zero-order valence-corrected chi connectivity index (χ0v) is 19.7. The fourth-order valence-corrected chi connectivity index (χ4v) is 4.33. The Morgan fingerprint density at radius 1 is 1.21 bits per heavy atom. The number of sulfonamides is 1. The summed E-state index contributed by atoms with van der Waals surface area (Å²) in [6.45, 7) is 1.82. The lowest BCUT2D eigenvalue weighted by Gasteiger charge is -2.23. The first kappa shape index (κ1) is 23.4. The summed E-state index contributed by atoms with van der Waals surface area (Å²) in [4.78, 5) is 10.5. The molecule has 0 fully saturated rings. The van der Waals surface area contributed by atoms with Crippen molar-refractivity contribution in [3.8, 4) is 5.69 Å². The molecule has 3 N–H and O–H groups in total. The molecule has 2 heterocycles. The zero-order chi connectivity index (χ0) is 24.6. The van der Waals surface area contributed by atoms with Gasteiger partial charge < -0.3 is 5.32 Å². The molecular weight excluding hydrogens is 480 g/mol. The van der Waals surface area contributed by atoms with E-state index < -0.39 is 14.9 Å². The molecule has 14 heteroatoms. The molecule has 1 aromatic heterocycles. The van der Waals surface area contributed by atoms with Crippen molar-refractivity contribution in [1.82, 2.24) is 25.3 Å². The predicted octanol–water partition coefficient (Wildman–Crippen LogP) is 1.79. The number of nitro benzene ring substituents is 1. The first-order valence-corrected chi connectivity index (χ1v) is 11.9. The van der Waals surface area contributed by atoms with Crippen LogP contribution >= 0.6 is 12.2 Å². The third-order valence-electron chi connectivity index (χ3n) is 5.40. The minimum absolute atomic E-state index is 0.00197. The number of primary sulfonamides is 1. The van der Waals surface area contributed by atoms with Crippen LogP contribution in [-0.2, 0) is 10.0 Å². The topological polar surface area (TPSA) is 162 Å². The summed E-state index contributed by atoms with van der Waals surface area (Å²) < 4.78 is 24.6. The highest BCUT2D eigenvalue weighted by Crippen LogP contribution is 2.34. The number of hydrogen-bond acceptors (Lipinski definition) is 8. The standard InChI is InChI=1S/C20H20N8O4S2/c1-12-19(23-25-26(12)14-7-9-16(10-8-14)34(21,31)32)17-11-18(27(24-17)20(33)22-2)13-3-5-15(6-4-13)28(29)30/h3-10,18H,11H2,1-2H3,(H,22,33)(H2,21,31,32). The molecule has 4 rings (SSSR count). The SMILES string of the molecule is CNC(=S)N1N=C(c2nnn(-c3ccc(S(N)(=O)=O)cc3)c2C)CC1c1ccc([N+](=O)[O-])cc1. The number of non-ortho nitro benzene ring substituents is 1. The quantitative estimate of drug-likeness (QED) is 0.302. The maximum absolute atomic E-state index is 11.5. The van der Waals surface area contributed by atoms with Crippen molar-refractivity contribution < 1.29 is 13.3 Å². The lowest BCUT2D eigenvalue weighted by Crippen LogP contribution is -2.34. The maximum atomic E-state index is 11.5. The smallest absolute Gasteiger partial charge is 0.269 e. The maximum Gasteiger partial charge on any atom is 0.269 e. The minimum atomic E-state index is -3.80. The number of aromatic nitrogens is 3. The van der Waals surface area contributed by atoms with Crippen molar-refractivity contribution in [3.05, 3.63) is 75.6 Å². The monoisotopic (exact) mass is 500 g/mol. The summed E-state index contributed by atoms with van der Waals surface area (Å²) in [5, 5.41) is 34.3. The van der Waals surface area contributed by atoms with E-state index in [1.807, 2.05) is 6.92 Å². The molecule has 1 aliphatic heterocycles. The lowest BCUT2D eigenvalue weighted by atomic mass is 10.00. The first-order chi connectivity index (χ1) is 16.1. The molecule has 3 aromatic rings. The lowest BCUT2D eigenvalue weighted by molar-refractivity contribution is -0.384. The van der Waals surface area contributed by atoms with Crippen molar-refractivity contribution in [2.75, 3.05) is 7.05 Å². The second-order valence-electron chi connectivity index (χ2n) is 7.49. The third-order valence-corrected chi connectivity index (χ3v) is 6.72. The second kappa shape index (κ2) is 8.89. The molecule has 0 amide bonds. The Morgan fingerprint density at radius 3 is 2.41 bits per heavy atom. The van der Waals surface area contributed by atoms with Gasteiger partial charge in [0.15, 0.2) is 5.11 Å². The van der Waals surface area contributed by atoms with Crippen LogP contribution in [0.1, 0.15) is 29.4 Å². The van der Waals surface area contributed by atoms with Crippen LogP contribution in [0.4, 0.5) is 5.69 Å². The van der Waals surface area contributed by atoms with Crippen molar-refractivity contribution in [1.29, 1.82) is 0 Å². The molecule has 0 aliphatic carbocycles. The van der Waals surface area contributed by atoms with E-state index >= 15 is 0 Å². The number of nitro groups is 1. The Balaban J connectivity index is 1.66. The largest absolute Gasteiger partial charge is 0.364 e. The summed E-state index contributed by atoms with van der Waals surface area (Å²) in [6.07, 6.45) is 0.448. The number of hydrogen-bond donors (Lipinski definition) is 2. The molecule has 2 aromatic carbocycles. The number of thiocarbonyl (C=S) groups is 1. The Bertz CT molecular complexity index is 1400. The van der Waals surface area contributed by atoms with Gasteiger partial charge in [-0.25, -0.2) is 23.2 Å². The molecule has 0 saturated heterocycles. The van der Waals surface area contributed by atoms with E-state index in [-0.39, 0.29) is 16.6 Å². The van der Waals surface area contributed by atoms with Gasteiger partial charge in [0.05, 0.1) is 33.0 Å². The van der Waals surface area contributed by atoms with E-state index in [2.05, 4.69) is 20.7 Å². The zero-order valence-electron chi connectivity index (χ0n) is 18.1. The highest BCUT2D eigenvalue weighted by molar-refractivity contribution is 7.89. The third kappa shape index (κ3) is 4.37. The molecule has 0 bridgehead atoms. The Morgan fingerprint density at radius 2 is 1.85 bits per heavy atom. The summed E-state index contributed by atoms with van der Waals surface area (Å²) in [5.74, 6) is 0. The van der Waals surface area contributed by atoms with E-state index in [0.717, 1.165) is 5.56 Å². The van der Waals surface area contributed by atoms with Crippen LogP contribution in [0.5, 0.6) is 0 Å². The number of hydrazone groups is 1. The summed E-state index contributed by atoms with van der Waals surface area (Å²) >= 11 is 5.42. The van der Waals surface area contributed by atoms with Gasteiger partial charge in [0.2, 0.25) is 10.0 Å². The van der Waals surface area contributed by atoms with Gasteiger partial charge in [-0.05, 0) is 49.0 Å². The molecule has 1 aliphatic rings. The molecular formula is C20H20N8O4S2. The van der Waals surface area contributed by atoms with Gasteiger partial charge in [-0.2, -0.15) is 5.10 Å². The average molecular weight is 501 g/mol. The van der Waals surface area contributed by atoms with Crippen molar-refractivity contribution in [2.45, 2.75) is 24.3 Å². The normalized spacial score (nSPS) is 15.8. The Labute approximate surface area is 200 Å². The van der Waals surface area contributed by atoms with Crippen molar-refractivity contribution in [2.24, 2.45) is 10.2 Å².